The highest BCUT2D eigenvalue weighted by atomic mass is 32.2. The predicted octanol–water partition coefficient (Wildman–Crippen LogP) is 2.46. The fourth-order valence-electron chi connectivity index (χ4n) is 2.55. The number of aryl methyl sites for hydroxylation is 3. The largest absolute Gasteiger partial charge is 0.472 e. The van der Waals surface area contributed by atoms with Crippen molar-refractivity contribution in [2.24, 2.45) is 0 Å². The summed E-state index contributed by atoms with van der Waals surface area (Å²) >= 11 is 0. The molecule has 1 fully saturated rings. The molecule has 2 aromatic rings. The Morgan fingerprint density at radius 1 is 1.13 bits per heavy atom. The van der Waals surface area contributed by atoms with Crippen LogP contribution in [0, 0.1) is 20.8 Å². The van der Waals surface area contributed by atoms with Gasteiger partial charge in [0.1, 0.15) is 6.10 Å². The van der Waals surface area contributed by atoms with Crippen molar-refractivity contribution in [2.75, 3.05) is 13.1 Å². The molecule has 5 nitrogen and oxygen atoms in total. The van der Waals surface area contributed by atoms with E-state index in [9.17, 15) is 8.42 Å². The number of rotatable bonds is 4. The summed E-state index contributed by atoms with van der Waals surface area (Å²) in [5.41, 5.74) is 2.58. The molecule has 0 unspecified atom stereocenters. The van der Waals surface area contributed by atoms with E-state index < -0.39 is 10.0 Å². The van der Waals surface area contributed by atoms with Gasteiger partial charge in [0.15, 0.2) is 0 Å². The maximum absolute atomic E-state index is 12.7. The second-order valence-corrected chi connectivity index (χ2v) is 7.85. The SMILES string of the molecule is Cc1ccc(C)c(S(=O)(=O)N2CC(Oc3cccc(C)n3)C2)c1. The molecule has 0 spiro atoms. The van der Waals surface area contributed by atoms with Crippen LogP contribution in [0.2, 0.25) is 0 Å². The lowest BCUT2D eigenvalue weighted by Crippen LogP contribution is -2.56. The quantitative estimate of drug-likeness (QED) is 0.863. The molecule has 1 saturated heterocycles. The van der Waals surface area contributed by atoms with Crippen molar-refractivity contribution in [1.29, 1.82) is 0 Å². The Balaban J connectivity index is 1.70. The van der Waals surface area contributed by atoms with Crippen molar-refractivity contribution in [1.82, 2.24) is 9.29 Å². The number of hydrogen-bond acceptors (Lipinski definition) is 4. The van der Waals surface area contributed by atoms with Crippen LogP contribution in [0.25, 0.3) is 0 Å². The van der Waals surface area contributed by atoms with Crippen LogP contribution in [-0.4, -0.2) is 36.9 Å². The molecule has 0 amide bonds. The van der Waals surface area contributed by atoms with Crippen LogP contribution < -0.4 is 4.74 Å². The van der Waals surface area contributed by atoms with E-state index in [0.717, 1.165) is 16.8 Å². The minimum atomic E-state index is -3.46. The van der Waals surface area contributed by atoms with Gasteiger partial charge in [-0.15, -0.1) is 0 Å². The molecule has 23 heavy (non-hydrogen) atoms. The van der Waals surface area contributed by atoms with Gasteiger partial charge in [0, 0.05) is 11.8 Å². The van der Waals surface area contributed by atoms with Crippen molar-refractivity contribution in [3.05, 3.63) is 53.2 Å². The van der Waals surface area contributed by atoms with Gasteiger partial charge >= 0.3 is 0 Å². The second kappa shape index (κ2) is 5.94. The highest BCUT2D eigenvalue weighted by molar-refractivity contribution is 7.89. The fraction of sp³-hybridized carbons (Fsp3) is 0.353. The monoisotopic (exact) mass is 332 g/mol. The number of benzene rings is 1. The van der Waals surface area contributed by atoms with Crippen LogP contribution in [0.5, 0.6) is 5.88 Å². The summed E-state index contributed by atoms with van der Waals surface area (Å²) in [4.78, 5) is 4.66. The first kappa shape index (κ1) is 16.0. The zero-order chi connectivity index (χ0) is 16.6. The van der Waals surface area contributed by atoms with Crippen molar-refractivity contribution < 1.29 is 13.2 Å². The van der Waals surface area contributed by atoms with Gasteiger partial charge in [0.2, 0.25) is 15.9 Å². The third-order valence-electron chi connectivity index (χ3n) is 3.93. The average molecular weight is 332 g/mol. The Kier molecular flexibility index (Phi) is 4.12. The van der Waals surface area contributed by atoms with Gasteiger partial charge in [0.05, 0.1) is 18.0 Å². The summed E-state index contributed by atoms with van der Waals surface area (Å²) in [5.74, 6) is 0.541. The molecule has 1 aromatic carbocycles. The topological polar surface area (TPSA) is 59.5 Å². The molecule has 1 aromatic heterocycles. The number of sulfonamides is 1. The fourth-order valence-corrected chi connectivity index (χ4v) is 4.36. The molecular weight excluding hydrogens is 312 g/mol. The van der Waals surface area contributed by atoms with E-state index in [1.807, 2.05) is 45.0 Å². The van der Waals surface area contributed by atoms with E-state index >= 15 is 0 Å². The zero-order valence-electron chi connectivity index (χ0n) is 13.5. The van der Waals surface area contributed by atoms with Gasteiger partial charge in [-0.05, 0) is 44.0 Å². The summed E-state index contributed by atoms with van der Waals surface area (Å²) in [6.07, 6.45) is -0.149. The van der Waals surface area contributed by atoms with Crippen molar-refractivity contribution in [3.63, 3.8) is 0 Å². The molecule has 0 aliphatic carbocycles. The van der Waals surface area contributed by atoms with Crippen molar-refractivity contribution >= 4 is 10.0 Å². The number of nitrogens with zero attached hydrogens (tertiary/aromatic N) is 2. The standard InChI is InChI=1S/C17H20N2O3S/c1-12-7-8-13(2)16(9-12)23(20,21)19-10-15(11-19)22-17-6-4-5-14(3)18-17/h4-9,15H,10-11H2,1-3H3. The molecule has 0 saturated carbocycles. The Bertz CT molecular complexity index is 827. The highest BCUT2D eigenvalue weighted by Crippen LogP contribution is 2.26. The normalized spacial score (nSPS) is 16.1. The Morgan fingerprint density at radius 2 is 1.87 bits per heavy atom. The first-order valence-electron chi connectivity index (χ1n) is 7.54. The molecule has 3 rings (SSSR count). The molecule has 1 aliphatic heterocycles. The highest BCUT2D eigenvalue weighted by Gasteiger charge is 2.39. The number of hydrogen-bond donors (Lipinski definition) is 0. The van der Waals surface area contributed by atoms with E-state index in [2.05, 4.69) is 4.98 Å². The minimum Gasteiger partial charge on any atom is -0.472 e. The van der Waals surface area contributed by atoms with E-state index in [0.29, 0.717) is 23.9 Å². The minimum absolute atomic E-state index is 0.149. The second-order valence-electron chi connectivity index (χ2n) is 5.95. The Morgan fingerprint density at radius 3 is 2.57 bits per heavy atom. The van der Waals surface area contributed by atoms with Crippen molar-refractivity contribution in [3.8, 4) is 5.88 Å². The van der Waals surface area contributed by atoms with E-state index in [1.165, 1.54) is 4.31 Å². The summed E-state index contributed by atoms with van der Waals surface area (Å²) in [6.45, 7) is 6.31. The summed E-state index contributed by atoms with van der Waals surface area (Å²) in [6, 6.07) is 11.0. The first-order valence-corrected chi connectivity index (χ1v) is 8.98. The van der Waals surface area contributed by atoms with Gasteiger partial charge in [-0.3, -0.25) is 0 Å². The molecule has 122 valence electrons. The van der Waals surface area contributed by atoms with Crippen LogP contribution in [0.15, 0.2) is 41.3 Å². The predicted molar refractivity (Wildman–Crippen MR) is 88.1 cm³/mol. The molecule has 0 bridgehead atoms. The molecule has 0 atom stereocenters. The molecule has 2 heterocycles. The zero-order valence-corrected chi connectivity index (χ0v) is 14.3. The van der Waals surface area contributed by atoms with Crippen LogP contribution in [0.3, 0.4) is 0 Å². The van der Waals surface area contributed by atoms with Gasteiger partial charge in [-0.25, -0.2) is 13.4 Å². The lowest BCUT2D eigenvalue weighted by Gasteiger charge is -2.37. The number of ether oxygens (including phenoxy) is 1. The third kappa shape index (κ3) is 3.23. The third-order valence-corrected chi connectivity index (χ3v) is 5.90. The molecule has 1 aliphatic rings. The van der Waals surface area contributed by atoms with Crippen LogP contribution in [0.4, 0.5) is 0 Å². The summed E-state index contributed by atoms with van der Waals surface area (Å²) in [5, 5.41) is 0. The molecule has 0 N–H and O–H groups in total. The lowest BCUT2D eigenvalue weighted by atomic mass is 10.2. The Hall–Kier alpha value is -1.92. The molecule has 0 radical (unpaired) electrons. The van der Waals surface area contributed by atoms with Crippen LogP contribution in [0.1, 0.15) is 16.8 Å². The summed E-state index contributed by atoms with van der Waals surface area (Å²) < 4.78 is 32.6. The van der Waals surface area contributed by atoms with E-state index in [1.54, 1.807) is 12.1 Å². The van der Waals surface area contributed by atoms with Crippen molar-refractivity contribution in [2.45, 2.75) is 31.8 Å². The first-order chi connectivity index (χ1) is 10.9. The smallest absolute Gasteiger partial charge is 0.243 e. The maximum Gasteiger partial charge on any atom is 0.243 e. The van der Waals surface area contributed by atoms with E-state index in [-0.39, 0.29) is 6.10 Å². The van der Waals surface area contributed by atoms with Crippen LogP contribution >= 0.6 is 0 Å². The van der Waals surface area contributed by atoms with Gasteiger partial charge in [-0.1, -0.05) is 18.2 Å². The van der Waals surface area contributed by atoms with E-state index in [4.69, 9.17) is 4.74 Å². The van der Waals surface area contributed by atoms with Gasteiger partial charge in [0.25, 0.3) is 0 Å². The average Bonchev–Trinajstić information content (AvgIpc) is 2.44. The Labute approximate surface area is 137 Å². The van der Waals surface area contributed by atoms with Gasteiger partial charge in [-0.2, -0.15) is 4.31 Å². The van der Waals surface area contributed by atoms with Gasteiger partial charge < -0.3 is 4.74 Å². The molecule has 6 heteroatoms. The molecular formula is C17H20N2O3S. The lowest BCUT2D eigenvalue weighted by molar-refractivity contribution is 0.0719. The number of pyridine rings is 1. The van der Waals surface area contributed by atoms with Crippen LogP contribution in [-0.2, 0) is 10.0 Å². The maximum atomic E-state index is 12.7. The summed E-state index contributed by atoms with van der Waals surface area (Å²) in [7, 11) is -3.46. The number of aromatic nitrogens is 1.